The average molecular weight is 219 g/mol. The molecule has 15 heavy (non-hydrogen) atoms. The molecule has 1 unspecified atom stereocenters. The van der Waals surface area contributed by atoms with Crippen LogP contribution in [0.1, 0.15) is 24.5 Å². The summed E-state index contributed by atoms with van der Waals surface area (Å²) >= 11 is 2.14. The van der Waals surface area contributed by atoms with E-state index in [-0.39, 0.29) is 0 Å². The van der Waals surface area contributed by atoms with Crippen LogP contribution < -0.4 is 5.32 Å². The van der Waals surface area contributed by atoms with Gasteiger partial charge >= 0.3 is 0 Å². The minimum atomic E-state index is 0.321. The van der Waals surface area contributed by atoms with Crippen molar-refractivity contribution in [2.45, 2.75) is 36.3 Å². The molecule has 3 rings (SSSR count). The van der Waals surface area contributed by atoms with Crippen LogP contribution in [-0.4, -0.2) is 16.7 Å². The first-order valence-corrected chi connectivity index (χ1v) is 6.65. The minimum Gasteiger partial charge on any atom is -0.302 e. The zero-order chi connectivity index (χ0) is 10.3. The molecule has 1 aromatic rings. The minimum absolute atomic E-state index is 0.321. The Morgan fingerprint density at radius 2 is 1.93 bits per heavy atom. The lowest BCUT2D eigenvalue weighted by molar-refractivity contribution is 0.455. The predicted octanol–water partition coefficient (Wildman–Crippen LogP) is 2.60. The Morgan fingerprint density at radius 1 is 1.27 bits per heavy atom. The highest BCUT2D eigenvalue weighted by atomic mass is 32.2. The van der Waals surface area contributed by atoms with Crippen LogP contribution in [0.15, 0.2) is 24.3 Å². The van der Waals surface area contributed by atoms with E-state index in [1.165, 1.54) is 25.8 Å². The molecule has 1 atom stereocenters. The van der Waals surface area contributed by atoms with E-state index in [4.69, 9.17) is 0 Å². The Kier molecular flexibility index (Phi) is 2.29. The molecular formula is C13H17NS. The predicted molar refractivity (Wildman–Crippen MR) is 66.3 cm³/mol. The fourth-order valence-corrected chi connectivity index (χ4v) is 4.45. The molecule has 1 spiro atoms. The summed E-state index contributed by atoms with van der Waals surface area (Å²) in [6, 6.07) is 8.89. The summed E-state index contributed by atoms with van der Waals surface area (Å²) in [6.07, 6.45) is 3.72. The van der Waals surface area contributed by atoms with Crippen molar-refractivity contribution >= 4 is 11.8 Å². The third kappa shape index (κ3) is 1.70. The molecule has 1 heterocycles. The average Bonchev–Trinajstić information content (AvgIpc) is 2.54. The molecule has 1 aliphatic carbocycles. The maximum Gasteiger partial charge on any atom is 0.0729 e. The summed E-state index contributed by atoms with van der Waals surface area (Å²) in [4.78, 5) is 0.321. The van der Waals surface area contributed by atoms with Crippen molar-refractivity contribution in [3.05, 3.63) is 35.4 Å². The number of rotatable bonds is 0. The summed E-state index contributed by atoms with van der Waals surface area (Å²) < 4.78 is 0. The second-order valence-electron chi connectivity index (χ2n) is 4.76. The smallest absolute Gasteiger partial charge is 0.0729 e. The zero-order valence-electron chi connectivity index (χ0n) is 9.12. The standard InChI is InChI=1S/C13H17NS/c1-10-6-7-14-13(15-10)8-11-4-2-3-5-12(11)9-13/h2-5,10,14H,6-9H2,1H3. The molecule has 80 valence electrons. The van der Waals surface area contributed by atoms with Gasteiger partial charge in [-0.3, -0.25) is 0 Å². The van der Waals surface area contributed by atoms with E-state index in [0.717, 1.165) is 5.25 Å². The van der Waals surface area contributed by atoms with Gasteiger partial charge in [-0.25, -0.2) is 0 Å². The van der Waals surface area contributed by atoms with Crippen molar-refractivity contribution in [2.24, 2.45) is 0 Å². The van der Waals surface area contributed by atoms with Gasteiger partial charge in [0.25, 0.3) is 0 Å². The highest BCUT2D eigenvalue weighted by Crippen LogP contribution is 2.42. The molecule has 2 heteroatoms. The van der Waals surface area contributed by atoms with E-state index in [9.17, 15) is 0 Å². The van der Waals surface area contributed by atoms with Crippen LogP contribution >= 0.6 is 11.8 Å². The first-order chi connectivity index (χ1) is 7.27. The van der Waals surface area contributed by atoms with Gasteiger partial charge in [0.1, 0.15) is 0 Å². The van der Waals surface area contributed by atoms with Crippen molar-refractivity contribution < 1.29 is 0 Å². The number of benzene rings is 1. The topological polar surface area (TPSA) is 12.0 Å². The molecule has 1 saturated heterocycles. The third-order valence-corrected chi connectivity index (χ3v) is 5.02. The maximum absolute atomic E-state index is 3.73. The number of hydrogen-bond acceptors (Lipinski definition) is 2. The first kappa shape index (κ1) is 9.73. The molecule has 1 fully saturated rings. The molecule has 1 aromatic carbocycles. The second kappa shape index (κ2) is 3.53. The largest absolute Gasteiger partial charge is 0.302 e. The van der Waals surface area contributed by atoms with E-state index in [1.807, 2.05) is 0 Å². The summed E-state index contributed by atoms with van der Waals surface area (Å²) in [5, 5.41) is 4.54. The van der Waals surface area contributed by atoms with Crippen molar-refractivity contribution in [3.63, 3.8) is 0 Å². The number of hydrogen-bond donors (Lipinski definition) is 1. The Bertz CT molecular complexity index is 350. The van der Waals surface area contributed by atoms with Gasteiger partial charge in [0.2, 0.25) is 0 Å². The van der Waals surface area contributed by atoms with Gasteiger partial charge in [-0.1, -0.05) is 31.2 Å². The number of thioether (sulfide) groups is 1. The lowest BCUT2D eigenvalue weighted by atomic mass is 10.1. The molecule has 1 nitrogen and oxygen atoms in total. The van der Waals surface area contributed by atoms with E-state index in [2.05, 4.69) is 48.3 Å². The summed E-state index contributed by atoms with van der Waals surface area (Å²) in [6.45, 7) is 3.54. The molecule has 0 radical (unpaired) electrons. The van der Waals surface area contributed by atoms with Crippen LogP contribution in [0.3, 0.4) is 0 Å². The van der Waals surface area contributed by atoms with Crippen LogP contribution in [-0.2, 0) is 12.8 Å². The van der Waals surface area contributed by atoms with E-state index in [0.29, 0.717) is 4.87 Å². The second-order valence-corrected chi connectivity index (χ2v) is 6.58. The summed E-state index contributed by atoms with van der Waals surface area (Å²) in [5.41, 5.74) is 3.10. The van der Waals surface area contributed by atoms with Crippen molar-refractivity contribution in [3.8, 4) is 0 Å². The lowest BCUT2D eigenvalue weighted by Crippen LogP contribution is -2.48. The van der Waals surface area contributed by atoms with Gasteiger partial charge in [0.05, 0.1) is 4.87 Å². The normalized spacial score (nSPS) is 27.9. The van der Waals surface area contributed by atoms with Crippen molar-refractivity contribution in [1.82, 2.24) is 5.32 Å². The first-order valence-electron chi connectivity index (χ1n) is 5.77. The van der Waals surface area contributed by atoms with E-state index in [1.54, 1.807) is 11.1 Å². The van der Waals surface area contributed by atoms with Crippen LogP contribution in [0.5, 0.6) is 0 Å². The molecule has 2 aliphatic rings. The SMILES string of the molecule is CC1CCNC2(Cc3ccccc3C2)S1. The highest BCUT2D eigenvalue weighted by molar-refractivity contribution is 8.01. The molecule has 0 aromatic heterocycles. The van der Waals surface area contributed by atoms with Gasteiger partial charge in [-0.05, 0) is 24.1 Å². The molecule has 1 aliphatic heterocycles. The van der Waals surface area contributed by atoms with Crippen molar-refractivity contribution in [1.29, 1.82) is 0 Å². The zero-order valence-corrected chi connectivity index (χ0v) is 9.94. The van der Waals surface area contributed by atoms with E-state index >= 15 is 0 Å². The number of nitrogens with one attached hydrogen (secondary N) is 1. The molecular weight excluding hydrogens is 202 g/mol. The number of fused-ring (bicyclic) bond motifs is 1. The van der Waals surface area contributed by atoms with Crippen LogP contribution in [0.2, 0.25) is 0 Å². The van der Waals surface area contributed by atoms with E-state index < -0.39 is 0 Å². The Hall–Kier alpha value is -0.470. The molecule has 0 bridgehead atoms. The maximum atomic E-state index is 3.73. The van der Waals surface area contributed by atoms with Gasteiger partial charge in [0.15, 0.2) is 0 Å². The molecule has 0 saturated carbocycles. The monoisotopic (exact) mass is 219 g/mol. The Balaban J connectivity index is 1.87. The van der Waals surface area contributed by atoms with Crippen LogP contribution in [0, 0.1) is 0 Å². The summed E-state index contributed by atoms with van der Waals surface area (Å²) in [5.74, 6) is 0. The molecule has 1 N–H and O–H groups in total. The quantitative estimate of drug-likeness (QED) is 0.720. The van der Waals surface area contributed by atoms with Crippen molar-refractivity contribution in [2.75, 3.05) is 6.54 Å². The van der Waals surface area contributed by atoms with Crippen LogP contribution in [0.4, 0.5) is 0 Å². The lowest BCUT2D eigenvalue weighted by Gasteiger charge is -2.37. The van der Waals surface area contributed by atoms with Gasteiger partial charge in [-0.15, -0.1) is 11.8 Å². The fraction of sp³-hybridized carbons (Fsp3) is 0.538. The molecule has 0 amide bonds. The fourth-order valence-electron chi connectivity index (χ4n) is 2.78. The Morgan fingerprint density at radius 3 is 2.53 bits per heavy atom. The highest BCUT2D eigenvalue weighted by Gasteiger charge is 2.40. The Labute approximate surface area is 95.6 Å². The van der Waals surface area contributed by atoms with Gasteiger partial charge in [0, 0.05) is 18.1 Å². The third-order valence-electron chi connectivity index (χ3n) is 3.50. The summed E-state index contributed by atoms with van der Waals surface area (Å²) in [7, 11) is 0. The van der Waals surface area contributed by atoms with Gasteiger partial charge in [-0.2, -0.15) is 0 Å². The van der Waals surface area contributed by atoms with Crippen LogP contribution in [0.25, 0.3) is 0 Å². The van der Waals surface area contributed by atoms with Gasteiger partial charge < -0.3 is 5.32 Å².